The van der Waals surface area contributed by atoms with Crippen molar-refractivity contribution in [2.45, 2.75) is 19.9 Å². The van der Waals surface area contributed by atoms with Gasteiger partial charge in [-0.25, -0.2) is 8.42 Å². The molecule has 0 radical (unpaired) electrons. The van der Waals surface area contributed by atoms with Crippen molar-refractivity contribution < 1.29 is 13.2 Å². The van der Waals surface area contributed by atoms with Crippen molar-refractivity contribution in [1.82, 2.24) is 5.32 Å². The summed E-state index contributed by atoms with van der Waals surface area (Å²) < 4.78 is 25.3. The average molecular weight is 415 g/mol. The van der Waals surface area contributed by atoms with Gasteiger partial charge in [0.15, 0.2) is 0 Å². The van der Waals surface area contributed by atoms with Gasteiger partial charge in [0.1, 0.15) is 6.54 Å². The molecule has 0 heterocycles. The summed E-state index contributed by atoms with van der Waals surface area (Å²) in [5.74, 6) is -0.436. The number of aryl methyl sites for hydroxylation is 1. The first-order valence-electron chi connectivity index (χ1n) is 7.86. The molecule has 0 aliphatic rings. The normalized spacial score (nSPS) is 12.5. The van der Waals surface area contributed by atoms with E-state index in [1.807, 2.05) is 38.1 Å². The van der Waals surface area contributed by atoms with E-state index >= 15 is 0 Å². The first kappa shape index (κ1) is 20.6. The highest BCUT2D eigenvalue weighted by atomic mass is 35.5. The fourth-order valence-corrected chi connectivity index (χ4v) is 3.85. The van der Waals surface area contributed by atoms with E-state index in [0.29, 0.717) is 5.02 Å². The summed E-state index contributed by atoms with van der Waals surface area (Å²) in [5.41, 5.74) is 2.25. The Morgan fingerprint density at radius 1 is 1.15 bits per heavy atom. The van der Waals surface area contributed by atoms with Crippen molar-refractivity contribution in [1.29, 1.82) is 0 Å². The second-order valence-electron chi connectivity index (χ2n) is 6.07. The van der Waals surface area contributed by atoms with Gasteiger partial charge in [-0.15, -0.1) is 0 Å². The highest BCUT2D eigenvalue weighted by molar-refractivity contribution is 7.92. The van der Waals surface area contributed by atoms with Gasteiger partial charge in [-0.2, -0.15) is 0 Å². The van der Waals surface area contributed by atoms with Crippen LogP contribution in [-0.4, -0.2) is 27.1 Å². The number of nitrogens with one attached hydrogen (secondary N) is 1. The van der Waals surface area contributed by atoms with E-state index in [4.69, 9.17) is 23.2 Å². The molecule has 0 unspecified atom stereocenters. The third-order valence-corrected chi connectivity index (χ3v) is 5.49. The molecule has 2 aromatic rings. The summed E-state index contributed by atoms with van der Waals surface area (Å²) in [6.45, 7) is 3.44. The molecular weight excluding hydrogens is 395 g/mol. The Labute approximate surface area is 164 Å². The number of carbonyl (C=O) groups is 1. The first-order valence-corrected chi connectivity index (χ1v) is 10.5. The predicted octanol–water partition coefficient (Wildman–Crippen LogP) is 3.95. The number of hydrogen-bond donors (Lipinski definition) is 1. The van der Waals surface area contributed by atoms with Crippen LogP contribution >= 0.6 is 23.2 Å². The number of rotatable bonds is 6. The molecule has 0 saturated heterocycles. The number of amides is 1. The zero-order valence-corrected chi connectivity index (χ0v) is 17.0. The smallest absolute Gasteiger partial charge is 0.241 e. The highest BCUT2D eigenvalue weighted by Crippen LogP contribution is 2.30. The van der Waals surface area contributed by atoms with E-state index in [9.17, 15) is 13.2 Å². The van der Waals surface area contributed by atoms with E-state index in [1.165, 1.54) is 18.2 Å². The number of benzene rings is 2. The molecule has 0 aliphatic carbocycles. The topological polar surface area (TPSA) is 66.5 Å². The lowest BCUT2D eigenvalue weighted by Crippen LogP contribution is -2.41. The quantitative estimate of drug-likeness (QED) is 0.777. The second kappa shape index (κ2) is 8.29. The van der Waals surface area contributed by atoms with E-state index in [1.54, 1.807) is 0 Å². The van der Waals surface area contributed by atoms with E-state index in [2.05, 4.69) is 5.32 Å². The van der Waals surface area contributed by atoms with Crippen LogP contribution in [0.15, 0.2) is 42.5 Å². The van der Waals surface area contributed by atoms with E-state index < -0.39 is 15.9 Å². The molecule has 1 atom stereocenters. The number of nitrogens with zero attached hydrogens (tertiary/aromatic N) is 1. The Bertz CT molecular complexity index is 899. The fraction of sp³-hybridized carbons (Fsp3) is 0.278. The monoisotopic (exact) mass is 414 g/mol. The second-order valence-corrected chi connectivity index (χ2v) is 8.82. The molecule has 1 amide bonds. The molecule has 0 fully saturated rings. The Morgan fingerprint density at radius 3 is 2.31 bits per heavy atom. The Hall–Kier alpha value is -1.76. The number of sulfonamides is 1. The Morgan fingerprint density at radius 2 is 1.77 bits per heavy atom. The van der Waals surface area contributed by atoms with E-state index in [-0.39, 0.29) is 23.3 Å². The molecule has 26 heavy (non-hydrogen) atoms. The molecular formula is C18H20Cl2N2O3S. The van der Waals surface area contributed by atoms with Crippen molar-refractivity contribution in [2.24, 2.45) is 0 Å². The standard InChI is InChI=1S/C18H20Cl2N2O3S/c1-12-4-6-14(7-5-12)13(2)21-18(23)11-22(26(3,24)25)17-9-8-15(19)10-16(17)20/h4-10,13H,11H2,1-3H3,(H,21,23)/t13-/m1/s1. The summed E-state index contributed by atoms with van der Waals surface area (Å²) >= 11 is 12.0. The molecule has 0 bridgehead atoms. The van der Waals surface area contributed by atoms with Crippen LogP contribution in [0.1, 0.15) is 24.1 Å². The Kier molecular flexibility index (Phi) is 6.55. The van der Waals surface area contributed by atoms with Gasteiger partial charge < -0.3 is 5.32 Å². The molecule has 5 nitrogen and oxygen atoms in total. The summed E-state index contributed by atoms with van der Waals surface area (Å²) in [6.07, 6.45) is 1.02. The third-order valence-electron chi connectivity index (χ3n) is 3.82. The van der Waals surface area contributed by atoms with Gasteiger partial charge in [-0.1, -0.05) is 53.0 Å². The molecule has 140 valence electrons. The summed E-state index contributed by atoms with van der Waals surface area (Å²) in [6, 6.07) is 11.9. The van der Waals surface area contributed by atoms with Gasteiger partial charge >= 0.3 is 0 Å². The largest absolute Gasteiger partial charge is 0.348 e. The lowest BCUT2D eigenvalue weighted by Gasteiger charge is -2.24. The Balaban J connectivity index is 2.18. The molecule has 0 aliphatic heterocycles. The summed E-state index contributed by atoms with van der Waals surface area (Å²) in [4.78, 5) is 12.4. The molecule has 0 spiro atoms. The number of halogens is 2. The maximum absolute atomic E-state index is 12.4. The zero-order chi connectivity index (χ0) is 19.5. The lowest BCUT2D eigenvalue weighted by atomic mass is 10.1. The van der Waals surface area contributed by atoms with Gasteiger partial charge in [-0.05, 0) is 37.6 Å². The minimum absolute atomic E-state index is 0.155. The minimum Gasteiger partial charge on any atom is -0.348 e. The average Bonchev–Trinajstić information content (AvgIpc) is 2.53. The van der Waals surface area contributed by atoms with E-state index in [0.717, 1.165) is 21.7 Å². The summed E-state index contributed by atoms with van der Waals surface area (Å²) in [5, 5.41) is 3.34. The van der Waals surface area contributed by atoms with Gasteiger partial charge in [0.05, 0.1) is 23.0 Å². The van der Waals surface area contributed by atoms with Crippen LogP contribution in [0.3, 0.4) is 0 Å². The van der Waals surface area contributed by atoms with Crippen LogP contribution < -0.4 is 9.62 Å². The van der Waals surface area contributed by atoms with Crippen molar-refractivity contribution in [2.75, 3.05) is 17.1 Å². The van der Waals surface area contributed by atoms with Gasteiger partial charge in [0.2, 0.25) is 15.9 Å². The van der Waals surface area contributed by atoms with Gasteiger partial charge in [0.25, 0.3) is 0 Å². The molecule has 1 N–H and O–H groups in total. The van der Waals surface area contributed by atoms with Crippen LogP contribution in [0.25, 0.3) is 0 Å². The van der Waals surface area contributed by atoms with Gasteiger partial charge in [-0.3, -0.25) is 9.10 Å². The first-order chi connectivity index (χ1) is 12.1. The van der Waals surface area contributed by atoms with Gasteiger partial charge in [0, 0.05) is 5.02 Å². The highest BCUT2D eigenvalue weighted by Gasteiger charge is 2.24. The number of hydrogen-bond acceptors (Lipinski definition) is 3. The minimum atomic E-state index is -3.71. The molecule has 2 rings (SSSR count). The molecule has 0 aromatic heterocycles. The maximum Gasteiger partial charge on any atom is 0.241 e. The SMILES string of the molecule is Cc1ccc([C@@H](C)NC(=O)CN(c2ccc(Cl)cc2Cl)S(C)(=O)=O)cc1. The molecule has 0 saturated carbocycles. The lowest BCUT2D eigenvalue weighted by molar-refractivity contribution is -0.120. The molecule has 8 heteroatoms. The van der Waals surface area contributed by atoms with Crippen LogP contribution in [0.5, 0.6) is 0 Å². The number of anilines is 1. The van der Waals surface area contributed by atoms with Crippen LogP contribution in [0.2, 0.25) is 10.0 Å². The summed E-state index contributed by atoms with van der Waals surface area (Å²) in [7, 11) is -3.71. The van der Waals surface area contributed by atoms with Crippen molar-refractivity contribution >= 4 is 44.8 Å². The third kappa shape index (κ3) is 5.37. The van der Waals surface area contributed by atoms with Crippen LogP contribution in [-0.2, 0) is 14.8 Å². The zero-order valence-electron chi connectivity index (χ0n) is 14.7. The van der Waals surface area contributed by atoms with Crippen LogP contribution in [0, 0.1) is 6.92 Å². The molecule has 2 aromatic carbocycles. The maximum atomic E-state index is 12.4. The van der Waals surface area contributed by atoms with Crippen molar-refractivity contribution in [3.8, 4) is 0 Å². The predicted molar refractivity (Wildman–Crippen MR) is 106 cm³/mol. The number of carbonyl (C=O) groups excluding carboxylic acids is 1. The van der Waals surface area contributed by atoms with Crippen molar-refractivity contribution in [3.63, 3.8) is 0 Å². The fourth-order valence-electron chi connectivity index (χ4n) is 2.42. The van der Waals surface area contributed by atoms with Crippen LogP contribution in [0.4, 0.5) is 5.69 Å². The van der Waals surface area contributed by atoms with Crippen molar-refractivity contribution in [3.05, 3.63) is 63.6 Å².